The van der Waals surface area contributed by atoms with Gasteiger partial charge in [-0.25, -0.2) is 0 Å². The lowest BCUT2D eigenvalue weighted by atomic mass is 9.95. The van der Waals surface area contributed by atoms with Crippen molar-refractivity contribution >= 4 is 17.5 Å². The predicted octanol–water partition coefficient (Wildman–Crippen LogP) is 2.19. The third-order valence-corrected chi connectivity index (χ3v) is 3.98. The van der Waals surface area contributed by atoms with Gasteiger partial charge in [0.15, 0.2) is 0 Å². The van der Waals surface area contributed by atoms with Gasteiger partial charge >= 0.3 is 0 Å². The molecule has 1 aromatic rings. The molecule has 5 heteroatoms. The number of carbonyl (C=O) groups excluding carboxylic acids is 1. The molecule has 0 radical (unpaired) electrons. The molecule has 1 amide bonds. The van der Waals surface area contributed by atoms with E-state index in [4.69, 9.17) is 16.3 Å². The number of aliphatic hydroxyl groups is 1. The number of halogens is 1. The lowest BCUT2D eigenvalue weighted by Gasteiger charge is -2.21. The summed E-state index contributed by atoms with van der Waals surface area (Å²) in [6.07, 6.45) is 0. The summed E-state index contributed by atoms with van der Waals surface area (Å²) < 4.78 is 5.19. The quantitative estimate of drug-likeness (QED) is 0.905. The highest BCUT2D eigenvalue weighted by Gasteiger charge is 2.41. The van der Waals surface area contributed by atoms with Gasteiger partial charge in [0.1, 0.15) is 5.75 Å². The molecular formula is C14H18ClNO3. The number of amides is 1. The van der Waals surface area contributed by atoms with Crippen molar-refractivity contribution in [1.82, 2.24) is 4.90 Å². The van der Waals surface area contributed by atoms with Gasteiger partial charge < -0.3 is 14.7 Å². The first-order chi connectivity index (χ1) is 8.85. The minimum Gasteiger partial charge on any atom is -0.496 e. The first-order valence-corrected chi connectivity index (χ1v) is 6.58. The highest BCUT2D eigenvalue weighted by molar-refractivity contribution is 6.30. The molecule has 4 nitrogen and oxygen atoms in total. The first kappa shape index (κ1) is 14.2. The van der Waals surface area contributed by atoms with Crippen molar-refractivity contribution in [3.05, 3.63) is 28.8 Å². The van der Waals surface area contributed by atoms with E-state index in [2.05, 4.69) is 0 Å². The van der Waals surface area contributed by atoms with Crippen LogP contribution in [0.25, 0.3) is 0 Å². The number of ether oxygens (including phenoxy) is 1. The number of hydrogen-bond donors (Lipinski definition) is 1. The monoisotopic (exact) mass is 283 g/mol. The molecule has 104 valence electrons. The Morgan fingerprint density at radius 1 is 1.58 bits per heavy atom. The van der Waals surface area contributed by atoms with Crippen LogP contribution in [0.4, 0.5) is 0 Å². The summed E-state index contributed by atoms with van der Waals surface area (Å²) in [7, 11) is 1.51. The molecule has 0 saturated carbocycles. The molecule has 1 aliphatic rings. The molecule has 19 heavy (non-hydrogen) atoms. The lowest BCUT2D eigenvalue weighted by molar-refractivity contribution is 0.0351. The van der Waals surface area contributed by atoms with Gasteiger partial charge in [0.25, 0.3) is 5.91 Å². The zero-order chi connectivity index (χ0) is 14.2. The molecule has 0 unspecified atom stereocenters. The summed E-state index contributed by atoms with van der Waals surface area (Å²) in [6.45, 7) is 4.56. The standard InChI is InChI=1S/C14H18ClNO3/c1-9-7-16(8-14(9,2)18)13(17)11-5-4-10(15)6-12(11)19-3/h4-6,9,18H,7-8H2,1-3H3/t9-,14+/m1/s1. The van der Waals surface area contributed by atoms with E-state index in [1.165, 1.54) is 7.11 Å². The highest BCUT2D eigenvalue weighted by atomic mass is 35.5. The smallest absolute Gasteiger partial charge is 0.257 e. The lowest BCUT2D eigenvalue weighted by Crippen LogP contribution is -2.35. The molecule has 1 N–H and O–H groups in total. The second-order valence-corrected chi connectivity index (χ2v) is 5.72. The fraction of sp³-hybridized carbons (Fsp3) is 0.500. The highest BCUT2D eigenvalue weighted by Crippen LogP contribution is 2.30. The average molecular weight is 284 g/mol. The summed E-state index contributed by atoms with van der Waals surface area (Å²) in [6, 6.07) is 4.93. The SMILES string of the molecule is COc1cc(Cl)ccc1C(=O)N1C[C@@H](C)[C@@](C)(O)C1. The number of likely N-dealkylation sites (tertiary alicyclic amines) is 1. The maximum absolute atomic E-state index is 12.5. The fourth-order valence-electron chi connectivity index (χ4n) is 2.30. The number of nitrogens with zero attached hydrogens (tertiary/aromatic N) is 1. The summed E-state index contributed by atoms with van der Waals surface area (Å²) >= 11 is 5.88. The number of β-amino-alcohol motifs (C(OH)–C–C–N with tert-alkyl or cyclic N) is 1. The number of rotatable bonds is 2. The molecule has 1 aromatic carbocycles. The normalized spacial score (nSPS) is 26.6. The van der Waals surface area contributed by atoms with Crippen molar-refractivity contribution in [1.29, 1.82) is 0 Å². The topological polar surface area (TPSA) is 49.8 Å². The van der Waals surface area contributed by atoms with Crippen LogP contribution in [0.1, 0.15) is 24.2 Å². The Balaban J connectivity index is 2.26. The zero-order valence-electron chi connectivity index (χ0n) is 11.3. The van der Waals surface area contributed by atoms with Gasteiger partial charge in [0.05, 0.1) is 18.3 Å². The van der Waals surface area contributed by atoms with Gasteiger partial charge in [-0.2, -0.15) is 0 Å². The van der Waals surface area contributed by atoms with Crippen LogP contribution in [-0.2, 0) is 0 Å². The largest absolute Gasteiger partial charge is 0.496 e. The summed E-state index contributed by atoms with van der Waals surface area (Å²) in [5.41, 5.74) is -0.369. The Hall–Kier alpha value is -1.26. The van der Waals surface area contributed by atoms with Crippen molar-refractivity contribution in [2.45, 2.75) is 19.4 Å². The molecule has 0 spiro atoms. The van der Waals surface area contributed by atoms with Crippen molar-refractivity contribution < 1.29 is 14.6 Å². The van der Waals surface area contributed by atoms with E-state index in [1.807, 2.05) is 6.92 Å². The van der Waals surface area contributed by atoms with Crippen molar-refractivity contribution in [2.24, 2.45) is 5.92 Å². The predicted molar refractivity (Wildman–Crippen MR) is 73.7 cm³/mol. The van der Waals surface area contributed by atoms with Crippen LogP contribution in [0, 0.1) is 5.92 Å². The van der Waals surface area contributed by atoms with Crippen molar-refractivity contribution in [3.63, 3.8) is 0 Å². The maximum atomic E-state index is 12.5. The van der Waals surface area contributed by atoms with E-state index in [9.17, 15) is 9.90 Å². The Bertz CT molecular complexity index is 501. The van der Waals surface area contributed by atoms with Gasteiger partial charge in [-0.15, -0.1) is 0 Å². The van der Waals surface area contributed by atoms with Gasteiger partial charge in [-0.3, -0.25) is 4.79 Å². The Morgan fingerprint density at radius 3 is 2.79 bits per heavy atom. The van der Waals surface area contributed by atoms with Crippen LogP contribution in [0.15, 0.2) is 18.2 Å². The fourth-order valence-corrected chi connectivity index (χ4v) is 2.46. The molecule has 1 aliphatic heterocycles. The molecule has 1 heterocycles. The minimum absolute atomic E-state index is 0.0507. The van der Waals surface area contributed by atoms with Crippen LogP contribution in [0.2, 0.25) is 5.02 Å². The molecule has 0 aliphatic carbocycles. The van der Waals surface area contributed by atoms with Crippen LogP contribution < -0.4 is 4.74 Å². The van der Waals surface area contributed by atoms with E-state index >= 15 is 0 Å². The molecule has 0 bridgehead atoms. The summed E-state index contributed by atoms with van der Waals surface area (Å²) in [5, 5.41) is 10.7. The van der Waals surface area contributed by atoms with Gasteiger partial charge in [-0.05, 0) is 25.1 Å². The number of methoxy groups -OCH3 is 1. The van der Waals surface area contributed by atoms with Gasteiger partial charge in [0, 0.05) is 24.0 Å². The van der Waals surface area contributed by atoms with E-state index in [-0.39, 0.29) is 11.8 Å². The molecular weight excluding hydrogens is 266 g/mol. The second kappa shape index (κ2) is 5.02. The Morgan fingerprint density at radius 2 is 2.26 bits per heavy atom. The van der Waals surface area contributed by atoms with Crippen molar-refractivity contribution in [2.75, 3.05) is 20.2 Å². The first-order valence-electron chi connectivity index (χ1n) is 6.20. The van der Waals surface area contributed by atoms with Crippen LogP contribution in [-0.4, -0.2) is 41.7 Å². The molecule has 2 rings (SSSR count). The van der Waals surface area contributed by atoms with Crippen LogP contribution in [0.3, 0.4) is 0 Å². The van der Waals surface area contributed by atoms with E-state index in [0.717, 1.165) is 0 Å². The molecule has 0 aromatic heterocycles. The summed E-state index contributed by atoms with van der Waals surface area (Å²) in [4.78, 5) is 14.1. The Kier molecular flexibility index (Phi) is 3.74. The third kappa shape index (κ3) is 2.69. The number of benzene rings is 1. The van der Waals surface area contributed by atoms with Crippen molar-refractivity contribution in [3.8, 4) is 5.75 Å². The van der Waals surface area contributed by atoms with E-state index in [1.54, 1.807) is 30.0 Å². The van der Waals surface area contributed by atoms with E-state index < -0.39 is 5.60 Å². The van der Waals surface area contributed by atoms with Gasteiger partial charge in [-0.1, -0.05) is 18.5 Å². The molecule has 1 saturated heterocycles. The number of hydrogen-bond acceptors (Lipinski definition) is 3. The molecule has 2 atom stereocenters. The zero-order valence-corrected chi connectivity index (χ0v) is 12.1. The van der Waals surface area contributed by atoms with Crippen LogP contribution in [0.5, 0.6) is 5.75 Å². The summed E-state index contributed by atoms with van der Waals surface area (Å²) in [5.74, 6) is 0.365. The second-order valence-electron chi connectivity index (χ2n) is 5.29. The van der Waals surface area contributed by atoms with E-state index in [0.29, 0.717) is 29.4 Å². The van der Waals surface area contributed by atoms with Crippen LogP contribution >= 0.6 is 11.6 Å². The average Bonchev–Trinajstić information content (AvgIpc) is 2.63. The Labute approximate surface area is 117 Å². The maximum Gasteiger partial charge on any atom is 0.257 e. The molecule has 1 fully saturated rings. The number of carbonyl (C=O) groups is 1. The minimum atomic E-state index is -0.838. The third-order valence-electron chi connectivity index (χ3n) is 3.75. The van der Waals surface area contributed by atoms with Gasteiger partial charge in [0.2, 0.25) is 0 Å².